The van der Waals surface area contributed by atoms with Crippen LogP contribution in [0.25, 0.3) is 5.69 Å². The first-order valence-electron chi connectivity index (χ1n) is 8.15. The molecule has 6 nitrogen and oxygen atoms in total. The molecule has 0 aliphatic rings. The Morgan fingerprint density at radius 3 is 2.56 bits per heavy atom. The van der Waals surface area contributed by atoms with Crippen molar-refractivity contribution in [3.8, 4) is 5.69 Å². The van der Waals surface area contributed by atoms with Crippen LogP contribution in [0.4, 0.5) is 10.2 Å². The molecule has 3 rings (SSSR count). The second-order valence-electron chi connectivity index (χ2n) is 6.26. The van der Waals surface area contributed by atoms with Gasteiger partial charge in [-0.1, -0.05) is 18.2 Å². The van der Waals surface area contributed by atoms with Crippen LogP contribution in [0.1, 0.15) is 21.5 Å². The van der Waals surface area contributed by atoms with E-state index in [1.54, 1.807) is 24.3 Å². The molecule has 2 aromatic carbocycles. The minimum atomic E-state index is -3.09. The van der Waals surface area contributed by atoms with Crippen molar-refractivity contribution in [1.29, 1.82) is 0 Å². The number of benzene rings is 2. The van der Waals surface area contributed by atoms with E-state index in [0.717, 1.165) is 5.56 Å². The lowest BCUT2D eigenvalue weighted by atomic mass is 10.0. The van der Waals surface area contributed by atoms with Crippen molar-refractivity contribution in [1.82, 2.24) is 9.78 Å². The molecular formula is C19H18FN3O3S. The molecular weight excluding hydrogens is 369 g/mol. The van der Waals surface area contributed by atoms with Crippen LogP contribution in [0.15, 0.2) is 54.7 Å². The van der Waals surface area contributed by atoms with Crippen molar-refractivity contribution >= 4 is 21.4 Å². The third-order valence-corrected chi connectivity index (χ3v) is 4.98. The number of nitrogens with zero attached hydrogens (tertiary/aromatic N) is 2. The van der Waals surface area contributed by atoms with E-state index < -0.39 is 9.84 Å². The molecule has 0 atom stereocenters. The van der Waals surface area contributed by atoms with Crippen LogP contribution in [0, 0.1) is 5.82 Å². The van der Waals surface area contributed by atoms with Gasteiger partial charge in [0.1, 0.15) is 15.7 Å². The first-order chi connectivity index (χ1) is 12.7. The predicted octanol–water partition coefficient (Wildman–Crippen LogP) is 2.41. The quantitative estimate of drug-likeness (QED) is 0.656. The lowest BCUT2D eigenvalue weighted by Crippen LogP contribution is -2.07. The van der Waals surface area contributed by atoms with E-state index in [1.807, 2.05) is 0 Å². The molecule has 0 radical (unpaired) electrons. The van der Waals surface area contributed by atoms with Crippen molar-refractivity contribution in [2.45, 2.75) is 6.42 Å². The Balaban J connectivity index is 1.87. The highest BCUT2D eigenvalue weighted by Crippen LogP contribution is 2.19. The summed E-state index contributed by atoms with van der Waals surface area (Å²) in [6.45, 7) is 0. The fourth-order valence-electron chi connectivity index (χ4n) is 2.62. The maximum atomic E-state index is 13.1. The summed E-state index contributed by atoms with van der Waals surface area (Å²) in [6, 6.07) is 12.4. The summed E-state index contributed by atoms with van der Waals surface area (Å²) in [7, 11) is -3.09. The average molecular weight is 387 g/mol. The molecule has 3 aromatic rings. The molecule has 0 aliphatic carbocycles. The summed E-state index contributed by atoms with van der Waals surface area (Å²) >= 11 is 0. The molecule has 1 aromatic heterocycles. The molecule has 8 heteroatoms. The Hall–Kier alpha value is -3.00. The van der Waals surface area contributed by atoms with E-state index in [9.17, 15) is 17.6 Å². The Morgan fingerprint density at radius 1 is 1.19 bits per heavy atom. The zero-order valence-corrected chi connectivity index (χ0v) is 15.4. The van der Waals surface area contributed by atoms with Gasteiger partial charge in [0, 0.05) is 18.0 Å². The van der Waals surface area contributed by atoms with Gasteiger partial charge in [0.25, 0.3) is 0 Å². The Labute approximate surface area is 156 Å². The normalized spacial score (nSPS) is 11.5. The monoisotopic (exact) mass is 387 g/mol. The van der Waals surface area contributed by atoms with Gasteiger partial charge in [-0.2, -0.15) is 0 Å². The number of nitrogen functional groups attached to an aromatic ring is 1. The van der Waals surface area contributed by atoms with Gasteiger partial charge in [-0.15, -0.1) is 5.10 Å². The molecule has 1 heterocycles. The summed E-state index contributed by atoms with van der Waals surface area (Å²) in [5.74, 6) is -0.621. The number of anilines is 1. The number of rotatable bonds is 6. The fourth-order valence-corrected chi connectivity index (χ4v) is 3.22. The van der Waals surface area contributed by atoms with Gasteiger partial charge < -0.3 is 5.73 Å². The second-order valence-corrected chi connectivity index (χ2v) is 8.52. The van der Waals surface area contributed by atoms with Crippen LogP contribution < -0.4 is 5.73 Å². The highest BCUT2D eigenvalue weighted by Gasteiger charge is 2.17. The third kappa shape index (κ3) is 4.59. The number of ketones is 1. The number of nitrogens with two attached hydrogens (primary N) is 1. The molecule has 140 valence electrons. The van der Waals surface area contributed by atoms with Crippen LogP contribution in [0.5, 0.6) is 0 Å². The molecule has 0 saturated heterocycles. The standard InChI is InChI=1S/C19H18FN3O3S/c1-27(25,26)10-9-13-3-2-4-14(11-13)18(24)17-12-23(22-19(17)21)16-7-5-15(20)6-8-16/h2-8,11-12H,9-10H2,1H3,(H2,21,22). The highest BCUT2D eigenvalue weighted by atomic mass is 32.2. The number of sulfone groups is 1. The molecule has 0 amide bonds. The second kappa shape index (κ2) is 7.32. The number of carbonyl (C=O) groups excluding carboxylic acids is 1. The van der Waals surface area contributed by atoms with E-state index in [0.29, 0.717) is 17.7 Å². The zero-order chi connectivity index (χ0) is 19.6. The van der Waals surface area contributed by atoms with Crippen molar-refractivity contribution in [2.75, 3.05) is 17.7 Å². The van der Waals surface area contributed by atoms with E-state index in [-0.39, 0.29) is 28.7 Å². The largest absolute Gasteiger partial charge is 0.382 e. The lowest BCUT2D eigenvalue weighted by Gasteiger charge is -2.04. The molecule has 2 N–H and O–H groups in total. The molecule has 0 bridgehead atoms. The molecule has 0 saturated carbocycles. The van der Waals surface area contributed by atoms with Crippen LogP contribution in [-0.2, 0) is 16.3 Å². The number of carbonyl (C=O) groups is 1. The summed E-state index contributed by atoms with van der Waals surface area (Å²) in [5, 5.41) is 4.12. The first-order valence-corrected chi connectivity index (χ1v) is 10.2. The van der Waals surface area contributed by atoms with Crippen LogP contribution in [0.3, 0.4) is 0 Å². The summed E-state index contributed by atoms with van der Waals surface area (Å²) in [4.78, 5) is 12.8. The predicted molar refractivity (Wildman–Crippen MR) is 101 cm³/mol. The number of halogens is 1. The van der Waals surface area contributed by atoms with Crippen molar-refractivity contribution < 1.29 is 17.6 Å². The van der Waals surface area contributed by atoms with Gasteiger partial charge in [0.05, 0.1) is 17.0 Å². The summed E-state index contributed by atoms with van der Waals surface area (Å²) < 4.78 is 37.1. The van der Waals surface area contributed by atoms with Gasteiger partial charge in [-0.3, -0.25) is 4.79 Å². The van der Waals surface area contributed by atoms with Gasteiger partial charge >= 0.3 is 0 Å². The maximum absolute atomic E-state index is 13.1. The van der Waals surface area contributed by atoms with Crippen molar-refractivity contribution in [2.24, 2.45) is 0 Å². The van der Waals surface area contributed by atoms with E-state index in [2.05, 4.69) is 5.10 Å². The molecule has 0 fully saturated rings. The molecule has 0 aliphatic heterocycles. The number of aryl methyl sites for hydroxylation is 1. The van der Waals surface area contributed by atoms with Crippen LogP contribution >= 0.6 is 0 Å². The first kappa shape index (κ1) is 18.8. The van der Waals surface area contributed by atoms with Gasteiger partial charge in [-0.25, -0.2) is 17.5 Å². The van der Waals surface area contributed by atoms with E-state index in [4.69, 9.17) is 5.73 Å². The van der Waals surface area contributed by atoms with Gasteiger partial charge in [-0.05, 0) is 42.3 Å². The molecule has 0 spiro atoms. The number of aromatic nitrogens is 2. The van der Waals surface area contributed by atoms with E-state index in [1.165, 1.54) is 41.4 Å². The Morgan fingerprint density at radius 2 is 1.89 bits per heavy atom. The lowest BCUT2D eigenvalue weighted by molar-refractivity contribution is 0.103. The van der Waals surface area contributed by atoms with Gasteiger partial charge in [0.15, 0.2) is 11.6 Å². The number of hydrogen-bond acceptors (Lipinski definition) is 5. The SMILES string of the molecule is CS(=O)(=O)CCc1cccc(C(=O)c2cn(-c3ccc(F)cc3)nc2N)c1. The summed E-state index contributed by atoms with van der Waals surface area (Å²) in [5.41, 5.74) is 7.83. The summed E-state index contributed by atoms with van der Waals surface area (Å²) in [6.07, 6.45) is 2.99. The van der Waals surface area contributed by atoms with E-state index >= 15 is 0 Å². The Kier molecular flexibility index (Phi) is 5.09. The van der Waals surface area contributed by atoms with Crippen molar-refractivity contribution in [3.05, 3.63) is 77.2 Å². The highest BCUT2D eigenvalue weighted by molar-refractivity contribution is 7.90. The topological polar surface area (TPSA) is 95.0 Å². The Bertz CT molecular complexity index is 1090. The third-order valence-electron chi connectivity index (χ3n) is 4.03. The van der Waals surface area contributed by atoms with Crippen molar-refractivity contribution in [3.63, 3.8) is 0 Å². The average Bonchev–Trinajstić information content (AvgIpc) is 3.01. The van der Waals surface area contributed by atoms with Crippen LogP contribution in [0.2, 0.25) is 0 Å². The van der Waals surface area contributed by atoms with Gasteiger partial charge in [0.2, 0.25) is 0 Å². The maximum Gasteiger partial charge on any atom is 0.198 e. The smallest absolute Gasteiger partial charge is 0.198 e. The minimum Gasteiger partial charge on any atom is -0.382 e. The zero-order valence-electron chi connectivity index (χ0n) is 14.6. The molecule has 27 heavy (non-hydrogen) atoms. The number of hydrogen-bond donors (Lipinski definition) is 1. The van der Waals surface area contributed by atoms with Crippen LogP contribution in [-0.4, -0.2) is 36.0 Å². The molecule has 0 unspecified atom stereocenters. The minimum absolute atomic E-state index is 0.00921. The fraction of sp³-hybridized carbons (Fsp3) is 0.158.